The molecule has 0 heterocycles. The molecule has 0 aromatic heterocycles. The third-order valence-corrected chi connectivity index (χ3v) is 26.3. The molecule has 0 N–H and O–H groups in total. The van der Waals surface area contributed by atoms with Crippen LogP contribution >= 0.6 is 21.2 Å². The van der Waals surface area contributed by atoms with Crippen molar-refractivity contribution in [1.29, 1.82) is 0 Å². The Bertz CT molecular complexity index is 772. The van der Waals surface area contributed by atoms with Crippen LogP contribution in [0.3, 0.4) is 0 Å². The second-order valence-corrected chi connectivity index (χ2v) is 22.7. The van der Waals surface area contributed by atoms with Gasteiger partial charge >= 0.3 is 182 Å². The molecule has 0 atom stereocenters. The fourth-order valence-corrected chi connectivity index (χ4v) is 24.9. The van der Waals surface area contributed by atoms with E-state index in [-0.39, 0.29) is 0 Å². The number of rotatable bonds is 7. The van der Waals surface area contributed by atoms with E-state index in [0.717, 1.165) is 23.8 Å². The monoisotopic (exact) mass is 513 g/mol. The summed E-state index contributed by atoms with van der Waals surface area (Å²) < 4.78 is 5.40. The molecule has 0 bridgehead atoms. The Balaban J connectivity index is 2.21. The van der Waals surface area contributed by atoms with E-state index in [2.05, 4.69) is 110 Å². The zero-order valence-corrected chi connectivity index (χ0v) is 21.0. The summed E-state index contributed by atoms with van der Waals surface area (Å²) in [5.74, 6) is 0. The van der Waals surface area contributed by atoms with E-state index < -0.39 is 17.0 Å². The summed E-state index contributed by atoms with van der Waals surface area (Å²) in [6, 6.07) is 33.2. The summed E-state index contributed by atoms with van der Waals surface area (Å²) in [6.45, 7) is 6.40. The summed E-state index contributed by atoms with van der Waals surface area (Å²) in [5, 5.41) is 0. The van der Waals surface area contributed by atoms with E-state index in [4.69, 9.17) is 12.2 Å². The minimum absolute atomic E-state index is 0.958. The van der Waals surface area contributed by atoms with Gasteiger partial charge in [-0.15, -0.1) is 0 Å². The summed E-state index contributed by atoms with van der Waals surface area (Å²) in [7, 11) is 1.99. The summed E-state index contributed by atoms with van der Waals surface area (Å²) in [4.78, 5) is 2.36. The predicted octanol–water partition coefficient (Wildman–Crippen LogP) is 4.40. The van der Waals surface area contributed by atoms with Crippen molar-refractivity contribution in [3.8, 4) is 0 Å². The molecule has 0 saturated carbocycles. The first-order chi connectivity index (χ1) is 13.7. The van der Waals surface area contributed by atoms with E-state index in [1.165, 1.54) is 10.7 Å². The van der Waals surface area contributed by atoms with Crippen molar-refractivity contribution in [1.82, 2.24) is 4.90 Å². The second-order valence-electron chi connectivity index (χ2n) is 6.73. The van der Waals surface area contributed by atoms with Gasteiger partial charge in [0.1, 0.15) is 0 Å². The third kappa shape index (κ3) is 4.64. The van der Waals surface area contributed by atoms with Gasteiger partial charge in [0.25, 0.3) is 0 Å². The number of benzene rings is 3. The number of hydrogen-bond acceptors (Lipinski definition) is 2. The Morgan fingerprint density at radius 1 is 0.750 bits per heavy atom. The molecule has 0 aliphatic heterocycles. The van der Waals surface area contributed by atoms with Crippen molar-refractivity contribution in [2.75, 3.05) is 13.1 Å². The van der Waals surface area contributed by atoms with Crippen LogP contribution in [-0.4, -0.2) is 39.3 Å². The van der Waals surface area contributed by atoms with E-state index in [1.807, 2.05) is 8.95 Å². The fourth-order valence-electron chi connectivity index (χ4n) is 3.54. The molecule has 0 unspecified atom stereocenters. The maximum atomic E-state index is 6.03. The average molecular weight is 512 g/mol. The molecule has 144 valence electrons. The maximum absolute atomic E-state index is 6.03. The van der Waals surface area contributed by atoms with Gasteiger partial charge in [-0.1, -0.05) is 0 Å². The molecule has 0 amide bonds. The molecule has 4 heteroatoms. The summed E-state index contributed by atoms with van der Waals surface area (Å²) >= 11 is 2.66. The molecule has 1 nitrogen and oxygen atoms in total. The van der Waals surface area contributed by atoms with Crippen molar-refractivity contribution in [3.63, 3.8) is 0 Å². The molecule has 3 rings (SSSR count). The Morgan fingerprint density at radius 3 is 1.46 bits per heavy atom. The zero-order valence-electron chi connectivity index (χ0n) is 16.5. The molecule has 0 spiro atoms. The van der Waals surface area contributed by atoms with Gasteiger partial charge < -0.3 is 0 Å². The van der Waals surface area contributed by atoms with E-state index in [0.29, 0.717) is 0 Å². The normalized spacial score (nSPS) is 11.2. The Morgan fingerprint density at radius 2 is 1.14 bits per heavy atom. The molecule has 0 aliphatic rings. The minimum atomic E-state index is -3.37. The van der Waals surface area contributed by atoms with E-state index >= 15 is 0 Å². The van der Waals surface area contributed by atoms with Gasteiger partial charge in [-0.2, -0.15) is 0 Å². The van der Waals surface area contributed by atoms with Crippen LogP contribution in [0, 0.1) is 0 Å². The first kappa shape index (κ1) is 21.4. The Kier molecular flexibility index (Phi) is 8.00. The molecular weight excluding hydrogens is 485 g/mol. The van der Waals surface area contributed by atoms with Crippen molar-refractivity contribution in [2.24, 2.45) is 0 Å². The molecule has 28 heavy (non-hydrogen) atoms. The number of thiocarbonyl (C=S) groups is 1. The quantitative estimate of drug-likeness (QED) is 0.342. The van der Waals surface area contributed by atoms with E-state index in [1.54, 1.807) is 0 Å². The molecule has 3 aromatic rings. The van der Waals surface area contributed by atoms with Crippen molar-refractivity contribution in [3.05, 3.63) is 91.0 Å². The third-order valence-electron chi connectivity index (χ3n) is 4.91. The SMILES string of the molecule is CCCN(CC)C(=S)[S][Sn]([c]1ccccc1)([c]1ccccc1)[c]1ccccc1. The molecule has 0 saturated heterocycles. The number of hydrogen-bond donors (Lipinski definition) is 0. The van der Waals surface area contributed by atoms with Crippen molar-refractivity contribution in [2.45, 2.75) is 20.3 Å². The van der Waals surface area contributed by atoms with Crippen LogP contribution in [0.2, 0.25) is 0 Å². The van der Waals surface area contributed by atoms with Crippen LogP contribution in [0.5, 0.6) is 0 Å². The van der Waals surface area contributed by atoms with Crippen molar-refractivity contribution < 1.29 is 0 Å². The van der Waals surface area contributed by atoms with Gasteiger partial charge in [-0.05, 0) is 0 Å². The first-order valence-corrected chi connectivity index (χ1v) is 18.9. The van der Waals surface area contributed by atoms with Crippen LogP contribution < -0.4 is 10.7 Å². The fraction of sp³-hybridized carbons (Fsp3) is 0.208. The number of nitrogens with zero attached hydrogens (tertiary/aromatic N) is 1. The Hall–Kier alpha value is -1.30. The first-order valence-electron chi connectivity index (χ1n) is 9.86. The van der Waals surface area contributed by atoms with Gasteiger partial charge in [0, 0.05) is 0 Å². The zero-order chi connectivity index (χ0) is 19.8. The van der Waals surface area contributed by atoms with E-state index in [9.17, 15) is 0 Å². The van der Waals surface area contributed by atoms with Gasteiger partial charge in [0.2, 0.25) is 0 Å². The second kappa shape index (κ2) is 10.5. The molecular formula is C24H27NS2Sn. The Labute approximate surface area is 181 Å². The van der Waals surface area contributed by atoms with Crippen LogP contribution in [0.4, 0.5) is 0 Å². The van der Waals surface area contributed by atoms with Gasteiger partial charge in [0.05, 0.1) is 0 Å². The van der Waals surface area contributed by atoms with Gasteiger partial charge in [-0.3, -0.25) is 0 Å². The molecule has 3 aromatic carbocycles. The molecule has 0 fully saturated rings. The van der Waals surface area contributed by atoms with Gasteiger partial charge in [0.15, 0.2) is 0 Å². The topological polar surface area (TPSA) is 3.24 Å². The standard InChI is InChI=1S/C6H13NS2.3C6H5.Sn/c1-3-5-7(4-2)6(8)9;3*1-2-4-6-5-3-1;/h3-5H2,1-2H3,(H,8,9);3*1-5H;/q;;;;+1/p-1. The van der Waals surface area contributed by atoms with Crippen LogP contribution in [-0.2, 0) is 0 Å². The molecule has 0 aliphatic carbocycles. The van der Waals surface area contributed by atoms with Crippen LogP contribution in [0.15, 0.2) is 91.0 Å². The van der Waals surface area contributed by atoms with Crippen LogP contribution in [0.1, 0.15) is 20.3 Å². The molecule has 0 radical (unpaired) electrons. The summed E-state index contributed by atoms with van der Waals surface area (Å²) in [5.41, 5.74) is 0. The predicted molar refractivity (Wildman–Crippen MR) is 132 cm³/mol. The average Bonchev–Trinajstić information content (AvgIpc) is 2.77. The summed E-state index contributed by atoms with van der Waals surface area (Å²) in [6.07, 6.45) is 1.11. The van der Waals surface area contributed by atoms with Gasteiger partial charge in [-0.25, -0.2) is 0 Å². The van der Waals surface area contributed by atoms with Crippen molar-refractivity contribution >= 4 is 53.2 Å². The van der Waals surface area contributed by atoms with Crippen LogP contribution in [0.25, 0.3) is 0 Å².